The smallest absolute Gasteiger partial charge is 0.258 e. The number of nitrogens with one attached hydrogen (secondary N) is 2. The maximum Gasteiger partial charge on any atom is 0.258 e. The van der Waals surface area contributed by atoms with Crippen molar-refractivity contribution in [2.75, 3.05) is 6.61 Å². The second-order valence-corrected chi connectivity index (χ2v) is 7.20. The van der Waals surface area contributed by atoms with Crippen LogP contribution in [0.4, 0.5) is 0 Å². The van der Waals surface area contributed by atoms with Crippen LogP contribution in [-0.4, -0.2) is 24.5 Å². The summed E-state index contributed by atoms with van der Waals surface area (Å²) in [5.74, 6) is -0.259. The van der Waals surface area contributed by atoms with Gasteiger partial charge in [-0.25, -0.2) is 0 Å². The van der Waals surface area contributed by atoms with E-state index >= 15 is 0 Å². The highest BCUT2D eigenvalue weighted by atomic mass is 35.5. The lowest BCUT2D eigenvalue weighted by molar-refractivity contribution is -0.129. The van der Waals surface area contributed by atoms with E-state index in [0.29, 0.717) is 17.3 Å². The third kappa shape index (κ3) is 6.09. The fourth-order valence-corrected chi connectivity index (χ4v) is 3.09. The molecule has 0 saturated heterocycles. The summed E-state index contributed by atoms with van der Waals surface area (Å²) in [5.41, 5.74) is 2.99. The van der Waals surface area contributed by atoms with Crippen LogP contribution in [0.3, 0.4) is 0 Å². The summed E-state index contributed by atoms with van der Waals surface area (Å²) in [6.07, 6.45) is 0. The number of carbonyl (C=O) groups is 2. The molecule has 1 atom stereocenters. The zero-order valence-corrected chi connectivity index (χ0v) is 17.4. The lowest BCUT2D eigenvalue weighted by Gasteiger charge is -2.15. The van der Waals surface area contributed by atoms with Gasteiger partial charge >= 0.3 is 0 Å². The summed E-state index contributed by atoms with van der Waals surface area (Å²) in [6, 6.07) is 24.1. The lowest BCUT2D eigenvalue weighted by Crippen LogP contribution is -2.46. The second-order valence-electron chi connectivity index (χ2n) is 6.79. The predicted octanol–water partition coefficient (Wildman–Crippen LogP) is 4.21. The largest absolute Gasteiger partial charge is 0.482 e. The lowest BCUT2D eigenvalue weighted by atomic mass is 10.1. The van der Waals surface area contributed by atoms with Crippen molar-refractivity contribution in [2.24, 2.45) is 0 Å². The molecule has 0 radical (unpaired) electrons. The van der Waals surface area contributed by atoms with E-state index in [0.717, 1.165) is 16.7 Å². The number of halogens is 1. The van der Waals surface area contributed by atoms with Crippen LogP contribution in [0.5, 0.6) is 5.75 Å². The van der Waals surface area contributed by atoms with E-state index in [1.54, 1.807) is 19.1 Å². The molecule has 0 aliphatic rings. The zero-order valence-electron chi connectivity index (χ0n) is 16.6. The van der Waals surface area contributed by atoms with Gasteiger partial charge in [0.25, 0.3) is 5.91 Å². The van der Waals surface area contributed by atoms with E-state index in [2.05, 4.69) is 10.6 Å². The van der Waals surface area contributed by atoms with Crippen LogP contribution in [0.2, 0.25) is 5.02 Å². The number of carbonyl (C=O) groups excluding carboxylic acids is 2. The Kier molecular flexibility index (Phi) is 7.46. The van der Waals surface area contributed by atoms with Crippen molar-refractivity contribution in [3.05, 3.63) is 89.4 Å². The quantitative estimate of drug-likeness (QED) is 0.571. The molecular weight excluding hydrogens is 400 g/mol. The standard InChI is InChI=1S/C24H23ClN2O3/c1-17(24(29)26-15-18-8-4-2-5-9-18)27-23(28)16-30-22-13-12-20(14-21(22)25)19-10-6-3-7-11-19/h2-14,17H,15-16H2,1H3,(H,26,29)(H,27,28). The normalized spacial score (nSPS) is 11.4. The molecule has 3 rings (SSSR count). The maximum absolute atomic E-state index is 12.2. The van der Waals surface area contributed by atoms with Gasteiger partial charge in [-0.3, -0.25) is 9.59 Å². The van der Waals surface area contributed by atoms with E-state index in [9.17, 15) is 9.59 Å². The van der Waals surface area contributed by atoms with Gasteiger partial charge < -0.3 is 15.4 Å². The van der Waals surface area contributed by atoms with Gasteiger partial charge in [0, 0.05) is 6.54 Å². The topological polar surface area (TPSA) is 67.4 Å². The highest BCUT2D eigenvalue weighted by Gasteiger charge is 2.16. The van der Waals surface area contributed by atoms with Crippen molar-refractivity contribution in [1.29, 1.82) is 0 Å². The Morgan fingerprint density at radius 3 is 2.27 bits per heavy atom. The molecule has 3 aromatic carbocycles. The van der Waals surface area contributed by atoms with Crippen molar-refractivity contribution in [2.45, 2.75) is 19.5 Å². The predicted molar refractivity (Wildman–Crippen MR) is 118 cm³/mol. The molecule has 2 N–H and O–H groups in total. The molecule has 0 aromatic heterocycles. The molecule has 30 heavy (non-hydrogen) atoms. The van der Waals surface area contributed by atoms with Crippen molar-refractivity contribution in [3.8, 4) is 16.9 Å². The van der Waals surface area contributed by atoms with Crippen molar-refractivity contribution < 1.29 is 14.3 Å². The number of rotatable bonds is 8. The first-order chi connectivity index (χ1) is 14.5. The summed E-state index contributed by atoms with van der Waals surface area (Å²) in [7, 11) is 0. The third-order valence-corrected chi connectivity index (χ3v) is 4.77. The average Bonchev–Trinajstić information content (AvgIpc) is 2.77. The molecule has 3 aromatic rings. The van der Waals surface area contributed by atoms with Gasteiger partial charge in [0.15, 0.2) is 6.61 Å². The molecule has 6 heteroatoms. The van der Waals surface area contributed by atoms with Crippen LogP contribution >= 0.6 is 11.6 Å². The van der Waals surface area contributed by atoms with Crippen LogP contribution < -0.4 is 15.4 Å². The fraction of sp³-hybridized carbons (Fsp3) is 0.167. The van der Waals surface area contributed by atoms with Crippen LogP contribution in [-0.2, 0) is 16.1 Å². The zero-order chi connectivity index (χ0) is 21.3. The third-order valence-electron chi connectivity index (χ3n) is 4.48. The molecule has 0 heterocycles. The molecule has 0 spiro atoms. The minimum Gasteiger partial charge on any atom is -0.482 e. The summed E-state index contributed by atoms with van der Waals surface area (Å²) in [5, 5.41) is 5.83. The molecule has 0 bridgehead atoms. The Hall–Kier alpha value is -3.31. The Morgan fingerprint density at radius 2 is 1.60 bits per heavy atom. The minimum atomic E-state index is -0.680. The Morgan fingerprint density at radius 1 is 0.933 bits per heavy atom. The SMILES string of the molecule is CC(NC(=O)COc1ccc(-c2ccccc2)cc1Cl)C(=O)NCc1ccccc1. The molecule has 2 amide bonds. The average molecular weight is 423 g/mol. The Labute approximate surface area is 181 Å². The van der Waals surface area contributed by atoms with Gasteiger partial charge in [-0.2, -0.15) is 0 Å². The van der Waals surface area contributed by atoms with Crippen LogP contribution in [0, 0.1) is 0 Å². The number of amides is 2. The van der Waals surface area contributed by atoms with Crippen molar-refractivity contribution in [1.82, 2.24) is 10.6 Å². The number of hydrogen-bond donors (Lipinski definition) is 2. The molecule has 0 saturated carbocycles. The van der Waals surface area contributed by atoms with Gasteiger partial charge in [0.05, 0.1) is 5.02 Å². The van der Waals surface area contributed by atoms with Gasteiger partial charge in [-0.05, 0) is 35.7 Å². The van der Waals surface area contributed by atoms with E-state index < -0.39 is 11.9 Å². The van der Waals surface area contributed by atoms with Crippen LogP contribution in [0.25, 0.3) is 11.1 Å². The summed E-state index contributed by atoms with van der Waals surface area (Å²) < 4.78 is 5.52. The first-order valence-corrected chi connectivity index (χ1v) is 9.99. The number of hydrogen-bond acceptors (Lipinski definition) is 3. The maximum atomic E-state index is 12.2. The summed E-state index contributed by atoms with van der Waals surface area (Å²) >= 11 is 6.30. The second kappa shape index (κ2) is 10.5. The van der Waals surface area contributed by atoms with Crippen LogP contribution in [0.15, 0.2) is 78.9 Å². The highest BCUT2D eigenvalue weighted by Crippen LogP contribution is 2.30. The van der Waals surface area contributed by atoms with Crippen molar-refractivity contribution >= 4 is 23.4 Å². The van der Waals surface area contributed by atoms with Gasteiger partial charge in [-0.15, -0.1) is 0 Å². The van der Waals surface area contributed by atoms with E-state index in [4.69, 9.17) is 16.3 Å². The van der Waals surface area contributed by atoms with E-state index in [1.807, 2.05) is 66.7 Å². The van der Waals surface area contributed by atoms with Gasteiger partial charge in [0.2, 0.25) is 5.91 Å². The molecule has 5 nitrogen and oxygen atoms in total. The number of ether oxygens (including phenoxy) is 1. The Balaban J connectivity index is 1.47. The summed E-state index contributed by atoms with van der Waals surface area (Å²) in [6.45, 7) is 1.79. The number of benzene rings is 3. The van der Waals surface area contributed by atoms with Gasteiger partial charge in [-0.1, -0.05) is 78.3 Å². The molecule has 154 valence electrons. The van der Waals surface area contributed by atoms with Gasteiger partial charge in [0.1, 0.15) is 11.8 Å². The minimum absolute atomic E-state index is 0.235. The van der Waals surface area contributed by atoms with E-state index in [1.165, 1.54) is 0 Å². The fourth-order valence-electron chi connectivity index (χ4n) is 2.86. The molecule has 1 unspecified atom stereocenters. The van der Waals surface area contributed by atoms with Crippen molar-refractivity contribution in [3.63, 3.8) is 0 Å². The Bertz CT molecular complexity index is 994. The van der Waals surface area contributed by atoms with Crippen LogP contribution in [0.1, 0.15) is 12.5 Å². The highest BCUT2D eigenvalue weighted by molar-refractivity contribution is 6.32. The molecule has 0 fully saturated rings. The first-order valence-electron chi connectivity index (χ1n) is 9.61. The molecule has 0 aliphatic heterocycles. The van der Waals surface area contributed by atoms with E-state index in [-0.39, 0.29) is 12.5 Å². The molecule has 0 aliphatic carbocycles. The first kappa shape index (κ1) is 21.4. The molecular formula is C24H23ClN2O3. The monoisotopic (exact) mass is 422 g/mol. The summed E-state index contributed by atoms with van der Waals surface area (Å²) in [4.78, 5) is 24.3.